The number of carbonyl (C=O) groups is 2. The third-order valence-electron chi connectivity index (χ3n) is 3.62. The first-order valence-corrected chi connectivity index (χ1v) is 7.61. The number of carboxylic acid groups (broad SMARTS) is 1. The van der Waals surface area contributed by atoms with Gasteiger partial charge < -0.3 is 19.2 Å². The van der Waals surface area contributed by atoms with Crippen LogP contribution in [0.25, 0.3) is 0 Å². The van der Waals surface area contributed by atoms with Crippen LogP contribution in [0.2, 0.25) is 0 Å². The van der Waals surface area contributed by atoms with Crippen LogP contribution in [0.5, 0.6) is 0 Å². The highest BCUT2D eigenvalue weighted by molar-refractivity contribution is 5.73. The zero-order valence-corrected chi connectivity index (χ0v) is 14.0. The molecule has 1 amide bonds. The quantitative estimate of drug-likeness (QED) is 0.864. The molecule has 2 heterocycles. The first-order chi connectivity index (χ1) is 10.6. The van der Waals surface area contributed by atoms with Gasteiger partial charge in [0.05, 0.1) is 24.3 Å². The van der Waals surface area contributed by atoms with Crippen molar-refractivity contribution in [3.63, 3.8) is 0 Å². The molecule has 7 nitrogen and oxygen atoms in total. The van der Waals surface area contributed by atoms with E-state index in [0.717, 1.165) is 5.76 Å². The normalized spacial score (nSPS) is 18.2. The van der Waals surface area contributed by atoms with Crippen LogP contribution in [0.1, 0.15) is 45.9 Å². The van der Waals surface area contributed by atoms with Crippen LogP contribution in [-0.4, -0.2) is 46.3 Å². The average molecular weight is 324 g/mol. The summed E-state index contributed by atoms with van der Waals surface area (Å²) >= 11 is 0. The van der Waals surface area contributed by atoms with Gasteiger partial charge in [-0.1, -0.05) is 0 Å². The van der Waals surface area contributed by atoms with Gasteiger partial charge in [-0.2, -0.15) is 0 Å². The molecule has 0 saturated carbocycles. The largest absolute Gasteiger partial charge is 0.481 e. The summed E-state index contributed by atoms with van der Waals surface area (Å²) in [5.74, 6) is -0.182. The Morgan fingerprint density at radius 2 is 2.13 bits per heavy atom. The number of carbonyl (C=O) groups excluding carboxylic acids is 1. The van der Waals surface area contributed by atoms with Gasteiger partial charge in [0, 0.05) is 13.1 Å². The Bertz CT molecular complexity index is 556. The van der Waals surface area contributed by atoms with Gasteiger partial charge in [0.1, 0.15) is 11.4 Å². The highest BCUT2D eigenvalue weighted by Gasteiger charge is 2.48. The molecule has 1 aromatic rings. The van der Waals surface area contributed by atoms with Crippen molar-refractivity contribution < 1.29 is 23.8 Å². The van der Waals surface area contributed by atoms with Crippen LogP contribution in [0.4, 0.5) is 4.79 Å². The number of furan rings is 1. The lowest BCUT2D eigenvalue weighted by atomic mass is 9.85. The number of amides is 1. The average Bonchev–Trinajstić information content (AvgIpc) is 2.85. The molecule has 1 fully saturated rings. The molecule has 1 atom stereocenters. The van der Waals surface area contributed by atoms with Crippen molar-refractivity contribution in [3.8, 4) is 0 Å². The fourth-order valence-electron chi connectivity index (χ4n) is 2.75. The molecule has 2 N–H and O–H groups in total. The predicted octanol–water partition coefficient (Wildman–Crippen LogP) is 2.39. The number of likely N-dealkylation sites (tertiary alicyclic amines) is 1. The SMILES string of the molecule is CC(NC1(CC(=O)O)CN(C(=O)OC(C)(C)C)C1)c1ccco1. The molecule has 0 bridgehead atoms. The van der Waals surface area contributed by atoms with E-state index in [2.05, 4.69) is 5.32 Å². The Morgan fingerprint density at radius 3 is 2.61 bits per heavy atom. The highest BCUT2D eigenvalue weighted by Crippen LogP contribution is 2.30. The number of hydrogen-bond acceptors (Lipinski definition) is 5. The fraction of sp³-hybridized carbons (Fsp3) is 0.625. The standard InChI is InChI=1S/C16H24N2O5/c1-11(12-6-5-7-22-12)17-16(8-13(19)20)9-18(10-16)14(21)23-15(2,3)4/h5-7,11,17H,8-10H2,1-4H3,(H,19,20). The summed E-state index contributed by atoms with van der Waals surface area (Å²) in [6.07, 6.45) is 1.08. The Labute approximate surface area is 135 Å². The number of hydrogen-bond donors (Lipinski definition) is 2. The van der Waals surface area contributed by atoms with Crippen LogP contribution >= 0.6 is 0 Å². The lowest BCUT2D eigenvalue weighted by Crippen LogP contribution is -2.71. The van der Waals surface area contributed by atoms with E-state index in [1.807, 2.05) is 13.0 Å². The lowest BCUT2D eigenvalue weighted by Gasteiger charge is -2.50. The van der Waals surface area contributed by atoms with Crippen LogP contribution < -0.4 is 5.32 Å². The minimum Gasteiger partial charge on any atom is -0.481 e. The van der Waals surface area contributed by atoms with Crippen molar-refractivity contribution in [1.29, 1.82) is 0 Å². The topological polar surface area (TPSA) is 92.0 Å². The van der Waals surface area contributed by atoms with Gasteiger partial charge in [-0.3, -0.25) is 10.1 Å². The van der Waals surface area contributed by atoms with Gasteiger partial charge in [-0.05, 0) is 39.8 Å². The molecule has 1 aliphatic heterocycles. The maximum absolute atomic E-state index is 12.0. The first kappa shape index (κ1) is 17.3. The lowest BCUT2D eigenvalue weighted by molar-refractivity contribution is -0.141. The van der Waals surface area contributed by atoms with Gasteiger partial charge in [-0.25, -0.2) is 4.79 Å². The van der Waals surface area contributed by atoms with E-state index < -0.39 is 23.2 Å². The number of rotatable bonds is 5. The van der Waals surface area contributed by atoms with E-state index in [1.54, 1.807) is 33.1 Å². The van der Waals surface area contributed by atoms with E-state index in [9.17, 15) is 14.7 Å². The number of nitrogens with zero attached hydrogens (tertiary/aromatic N) is 1. The van der Waals surface area contributed by atoms with Gasteiger partial charge in [0.2, 0.25) is 0 Å². The molecule has 1 saturated heterocycles. The van der Waals surface area contributed by atoms with Crippen molar-refractivity contribution in [2.45, 2.75) is 51.3 Å². The van der Waals surface area contributed by atoms with E-state index >= 15 is 0 Å². The molecule has 0 aromatic carbocycles. The van der Waals surface area contributed by atoms with Crippen molar-refractivity contribution in [1.82, 2.24) is 10.2 Å². The van der Waals surface area contributed by atoms with E-state index in [0.29, 0.717) is 13.1 Å². The summed E-state index contributed by atoms with van der Waals surface area (Å²) in [7, 11) is 0. The molecule has 7 heteroatoms. The van der Waals surface area contributed by atoms with E-state index in [-0.39, 0.29) is 12.5 Å². The molecule has 1 unspecified atom stereocenters. The minimum absolute atomic E-state index is 0.0721. The van der Waals surface area contributed by atoms with Crippen LogP contribution in [0.15, 0.2) is 22.8 Å². The highest BCUT2D eigenvalue weighted by atomic mass is 16.6. The number of aliphatic carboxylic acids is 1. The van der Waals surface area contributed by atoms with Crippen molar-refractivity contribution >= 4 is 12.1 Å². The van der Waals surface area contributed by atoms with E-state index in [1.165, 1.54) is 4.90 Å². The molecule has 128 valence electrons. The van der Waals surface area contributed by atoms with Gasteiger partial charge in [0.25, 0.3) is 0 Å². The Balaban J connectivity index is 2.00. The van der Waals surface area contributed by atoms with Crippen molar-refractivity contribution in [3.05, 3.63) is 24.2 Å². The summed E-state index contributed by atoms with van der Waals surface area (Å²) in [6.45, 7) is 7.88. The summed E-state index contributed by atoms with van der Waals surface area (Å²) in [5, 5.41) is 12.5. The fourth-order valence-corrected chi connectivity index (χ4v) is 2.75. The third kappa shape index (κ3) is 4.48. The monoisotopic (exact) mass is 324 g/mol. The molecule has 1 aliphatic rings. The molecular weight excluding hydrogens is 300 g/mol. The summed E-state index contributed by atoms with van der Waals surface area (Å²) in [5.41, 5.74) is -1.24. The number of ether oxygens (including phenoxy) is 1. The van der Waals surface area contributed by atoms with Gasteiger partial charge in [-0.15, -0.1) is 0 Å². The smallest absolute Gasteiger partial charge is 0.410 e. The third-order valence-corrected chi connectivity index (χ3v) is 3.62. The Morgan fingerprint density at radius 1 is 1.48 bits per heavy atom. The molecule has 0 spiro atoms. The summed E-state index contributed by atoms with van der Waals surface area (Å²) in [6, 6.07) is 3.46. The predicted molar refractivity (Wildman–Crippen MR) is 83.0 cm³/mol. The summed E-state index contributed by atoms with van der Waals surface area (Å²) < 4.78 is 10.7. The Kier molecular flexibility index (Phi) is 4.70. The second-order valence-electron chi connectivity index (χ2n) is 7.07. The number of nitrogens with one attached hydrogen (secondary N) is 1. The van der Waals surface area contributed by atoms with Gasteiger partial charge >= 0.3 is 12.1 Å². The molecule has 0 aliphatic carbocycles. The second kappa shape index (κ2) is 6.23. The van der Waals surface area contributed by atoms with E-state index in [4.69, 9.17) is 9.15 Å². The maximum Gasteiger partial charge on any atom is 0.410 e. The molecule has 0 radical (unpaired) electrons. The Hall–Kier alpha value is -2.02. The second-order valence-corrected chi connectivity index (χ2v) is 7.07. The number of carboxylic acids is 1. The minimum atomic E-state index is -0.909. The molecule has 2 rings (SSSR count). The van der Waals surface area contributed by atoms with Crippen molar-refractivity contribution in [2.24, 2.45) is 0 Å². The van der Waals surface area contributed by atoms with Crippen LogP contribution in [0.3, 0.4) is 0 Å². The molecule has 1 aromatic heterocycles. The maximum atomic E-state index is 12.0. The zero-order chi connectivity index (χ0) is 17.3. The van der Waals surface area contributed by atoms with Crippen LogP contribution in [0, 0.1) is 0 Å². The van der Waals surface area contributed by atoms with Gasteiger partial charge in [0.15, 0.2) is 0 Å². The summed E-state index contributed by atoms with van der Waals surface area (Å²) in [4.78, 5) is 24.7. The van der Waals surface area contributed by atoms with Crippen molar-refractivity contribution in [2.75, 3.05) is 13.1 Å². The van der Waals surface area contributed by atoms with Crippen LogP contribution in [-0.2, 0) is 9.53 Å². The molecular formula is C16H24N2O5. The first-order valence-electron chi connectivity index (χ1n) is 7.61. The zero-order valence-electron chi connectivity index (χ0n) is 14.0. The molecule has 23 heavy (non-hydrogen) atoms.